The smallest absolute Gasteiger partial charge is 0.343 e. The summed E-state index contributed by atoms with van der Waals surface area (Å²) in [5, 5.41) is 4.37. The van der Waals surface area contributed by atoms with E-state index in [1.807, 2.05) is 32.0 Å². The number of nitrogens with one attached hydrogen (secondary N) is 2. The minimum atomic E-state index is -4.49. The van der Waals surface area contributed by atoms with Crippen LogP contribution in [-0.2, 0) is 4.79 Å². The Hall–Kier alpha value is -3.09. The lowest BCUT2D eigenvalue weighted by Gasteiger charge is -2.09. The molecule has 0 aromatic heterocycles. The first-order valence-electron chi connectivity index (χ1n) is 8.15. The number of rotatable bonds is 5. The number of hydrogen-bond donors (Lipinski definition) is 2. The number of halogens is 3. The number of carbonyl (C=O) groups is 2. The van der Waals surface area contributed by atoms with Gasteiger partial charge in [-0.3, -0.25) is 9.59 Å². The highest BCUT2D eigenvalue weighted by Gasteiger charge is 2.27. The molecule has 2 rings (SSSR count). The number of amides is 2. The van der Waals surface area contributed by atoms with Crippen LogP contribution in [0, 0.1) is 13.8 Å². The summed E-state index contributed by atoms with van der Waals surface area (Å²) < 4.78 is 36.5. The van der Waals surface area contributed by atoms with E-state index in [1.54, 1.807) is 17.5 Å². The van der Waals surface area contributed by atoms with Crippen molar-refractivity contribution in [2.45, 2.75) is 20.0 Å². The Morgan fingerprint density at radius 3 is 2.48 bits per heavy atom. The van der Waals surface area contributed by atoms with E-state index < -0.39 is 24.5 Å². The van der Waals surface area contributed by atoms with Gasteiger partial charge in [0.05, 0.1) is 0 Å². The molecule has 2 aromatic rings. The second kappa shape index (κ2) is 8.53. The largest absolute Gasteiger partial charge is 0.405 e. The van der Waals surface area contributed by atoms with Crippen molar-refractivity contribution in [3.05, 3.63) is 70.8 Å². The molecule has 0 fully saturated rings. The standard InChI is InChI=1S/C20H19F3N2O2/c1-13-6-7-15(14(2)10-13)8-9-18(26)25-17-5-3-4-16(11-17)19(27)24-12-20(21,22)23/h3-11H,12H2,1-2H3,(H,24,27)(H,25,26)/b9-8+. The molecule has 0 aliphatic heterocycles. The average molecular weight is 376 g/mol. The van der Waals surface area contributed by atoms with Gasteiger partial charge in [-0.1, -0.05) is 29.8 Å². The Morgan fingerprint density at radius 2 is 1.81 bits per heavy atom. The number of benzene rings is 2. The quantitative estimate of drug-likeness (QED) is 0.767. The Labute approximate surface area is 155 Å². The molecule has 0 saturated heterocycles. The molecule has 2 aromatic carbocycles. The van der Waals surface area contributed by atoms with Crippen molar-refractivity contribution in [2.24, 2.45) is 0 Å². The average Bonchev–Trinajstić information content (AvgIpc) is 2.58. The second-order valence-electron chi connectivity index (χ2n) is 6.06. The summed E-state index contributed by atoms with van der Waals surface area (Å²) in [5.41, 5.74) is 3.38. The Morgan fingerprint density at radius 1 is 1.07 bits per heavy atom. The molecule has 0 saturated carbocycles. The highest BCUT2D eigenvalue weighted by molar-refractivity contribution is 6.03. The maximum absolute atomic E-state index is 12.2. The molecular formula is C20H19F3N2O2. The predicted octanol–water partition coefficient (Wildman–Crippen LogP) is 4.25. The van der Waals surface area contributed by atoms with Crippen LogP contribution in [0.5, 0.6) is 0 Å². The third-order valence-corrected chi connectivity index (χ3v) is 3.68. The maximum atomic E-state index is 12.2. The topological polar surface area (TPSA) is 58.2 Å². The summed E-state index contributed by atoms with van der Waals surface area (Å²) in [6, 6.07) is 11.5. The fraction of sp³-hybridized carbons (Fsp3) is 0.200. The van der Waals surface area contributed by atoms with Crippen LogP contribution < -0.4 is 10.6 Å². The number of anilines is 1. The summed E-state index contributed by atoms with van der Waals surface area (Å²) in [7, 11) is 0. The van der Waals surface area contributed by atoms with Gasteiger partial charge in [-0.25, -0.2) is 0 Å². The first-order chi connectivity index (χ1) is 12.6. The number of aryl methyl sites for hydroxylation is 2. The van der Waals surface area contributed by atoms with Crippen molar-refractivity contribution in [1.29, 1.82) is 0 Å². The first-order valence-corrected chi connectivity index (χ1v) is 8.15. The zero-order valence-corrected chi connectivity index (χ0v) is 14.9. The van der Waals surface area contributed by atoms with Gasteiger partial charge in [-0.2, -0.15) is 13.2 Å². The van der Waals surface area contributed by atoms with Crippen molar-refractivity contribution in [2.75, 3.05) is 11.9 Å². The molecule has 0 heterocycles. The van der Waals surface area contributed by atoms with Crippen LogP contribution >= 0.6 is 0 Å². The van der Waals surface area contributed by atoms with Crippen molar-refractivity contribution >= 4 is 23.6 Å². The van der Waals surface area contributed by atoms with Crippen molar-refractivity contribution < 1.29 is 22.8 Å². The lowest BCUT2D eigenvalue weighted by molar-refractivity contribution is -0.123. The van der Waals surface area contributed by atoms with E-state index in [9.17, 15) is 22.8 Å². The van der Waals surface area contributed by atoms with Gasteiger partial charge >= 0.3 is 6.18 Å². The van der Waals surface area contributed by atoms with E-state index in [4.69, 9.17) is 0 Å². The van der Waals surface area contributed by atoms with E-state index in [2.05, 4.69) is 5.32 Å². The van der Waals surface area contributed by atoms with Crippen LogP contribution in [0.4, 0.5) is 18.9 Å². The second-order valence-corrected chi connectivity index (χ2v) is 6.06. The molecule has 2 N–H and O–H groups in total. The Bertz CT molecular complexity index is 874. The molecule has 0 radical (unpaired) electrons. The summed E-state index contributed by atoms with van der Waals surface area (Å²) in [6.07, 6.45) is -1.46. The molecule has 0 bridgehead atoms. The molecule has 27 heavy (non-hydrogen) atoms. The van der Waals surface area contributed by atoms with E-state index >= 15 is 0 Å². The molecule has 0 atom stereocenters. The molecular weight excluding hydrogens is 357 g/mol. The molecule has 142 valence electrons. The summed E-state index contributed by atoms with van der Waals surface area (Å²) >= 11 is 0. The Balaban J connectivity index is 2.01. The maximum Gasteiger partial charge on any atom is 0.405 e. The monoisotopic (exact) mass is 376 g/mol. The van der Waals surface area contributed by atoms with E-state index in [1.165, 1.54) is 24.3 Å². The fourth-order valence-electron chi connectivity index (χ4n) is 2.38. The van der Waals surface area contributed by atoms with Gasteiger partial charge in [0.1, 0.15) is 6.54 Å². The summed E-state index contributed by atoms with van der Waals surface area (Å²) in [5.74, 6) is -1.28. The van der Waals surface area contributed by atoms with Gasteiger partial charge in [0.15, 0.2) is 0 Å². The number of hydrogen-bond acceptors (Lipinski definition) is 2. The number of alkyl halides is 3. The van der Waals surface area contributed by atoms with Gasteiger partial charge in [-0.15, -0.1) is 0 Å². The predicted molar refractivity (Wildman–Crippen MR) is 98.4 cm³/mol. The van der Waals surface area contributed by atoms with Gasteiger partial charge in [0.25, 0.3) is 5.91 Å². The molecule has 0 aliphatic carbocycles. The van der Waals surface area contributed by atoms with Gasteiger partial charge < -0.3 is 10.6 Å². The van der Waals surface area contributed by atoms with Crippen LogP contribution in [0.3, 0.4) is 0 Å². The first kappa shape index (κ1) is 20.2. The molecule has 0 unspecified atom stereocenters. The van der Waals surface area contributed by atoms with Crippen LogP contribution in [-0.4, -0.2) is 24.5 Å². The fourth-order valence-corrected chi connectivity index (χ4v) is 2.38. The van der Waals surface area contributed by atoms with Crippen molar-refractivity contribution in [1.82, 2.24) is 5.32 Å². The van der Waals surface area contributed by atoms with Gasteiger partial charge in [0, 0.05) is 17.3 Å². The zero-order chi connectivity index (χ0) is 20.0. The van der Waals surface area contributed by atoms with Gasteiger partial charge in [-0.05, 0) is 49.2 Å². The molecule has 0 aliphatic rings. The zero-order valence-electron chi connectivity index (χ0n) is 14.9. The SMILES string of the molecule is Cc1ccc(/C=C/C(=O)Nc2cccc(C(=O)NCC(F)(F)F)c2)c(C)c1. The third-order valence-electron chi connectivity index (χ3n) is 3.68. The minimum Gasteiger partial charge on any atom is -0.343 e. The van der Waals surface area contributed by atoms with Crippen molar-refractivity contribution in [3.63, 3.8) is 0 Å². The number of carbonyl (C=O) groups excluding carboxylic acids is 2. The highest BCUT2D eigenvalue weighted by atomic mass is 19.4. The highest BCUT2D eigenvalue weighted by Crippen LogP contribution is 2.15. The van der Waals surface area contributed by atoms with E-state index in [-0.39, 0.29) is 5.56 Å². The van der Waals surface area contributed by atoms with Gasteiger partial charge in [0.2, 0.25) is 5.91 Å². The molecule has 7 heteroatoms. The van der Waals surface area contributed by atoms with Crippen LogP contribution in [0.1, 0.15) is 27.0 Å². The minimum absolute atomic E-state index is 0.0235. The van der Waals surface area contributed by atoms with Crippen LogP contribution in [0.15, 0.2) is 48.5 Å². The summed E-state index contributed by atoms with van der Waals surface area (Å²) in [4.78, 5) is 23.8. The Kier molecular flexibility index (Phi) is 6.39. The van der Waals surface area contributed by atoms with E-state index in [0.29, 0.717) is 5.69 Å². The lowest BCUT2D eigenvalue weighted by Crippen LogP contribution is -2.33. The van der Waals surface area contributed by atoms with Crippen molar-refractivity contribution in [3.8, 4) is 0 Å². The van der Waals surface area contributed by atoms with Crippen LogP contribution in [0.25, 0.3) is 6.08 Å². The third kappa shape index (κ3) is 6.62. The normalized spacial score (nSPS) is 11.4. The van der Waals surface area contributed by atoms with E-state index in [0.717, 1.165) is 16.7 Å². The lowest BCUT2D eigenvalue weighted by atomic mass is 10.1. The molecule has 4 nitrogen and oxygen atoms in total. The molecule has 0 spiro atoms. The summed E-state index contributed by atoms with van der Waals surface area (Å²) in [6.45, 7) is 2.50. The molecule has 2 amide bonds. The van der Waals surface area contributed by atoms with Crippen LogP contribution in [0.2, 0.25) is 0 Å².